The molecular weight excluding hydrogens is 386 g/mol. The van der Waals surface area contributed by atoms with Crippen LogP contribution in [0.3, 0.4) is 0 Å². The highest BCUT2D eigenvalue weighted by Gasteiger charge is 2.24. The second-order valence-corrected chi connectivity index (χ2v) is 8.36. The van der Waals surface area contributed by atoms with E-state index in [1.54, 1.807) is 12.1 Å². The van der Waals surface area contributed by atoms with Crippen LogP contribution in [0.25, 0.3) is 0 Å². The summed E-state index contributed by atoms with van der Waals surface area (Å²) in [5.74, 6) is 0.251. The first-order chi connectivity index (χ1) is 12.4. The summed E-state index contributed by atoms with van der Waals surface area (Å²) in [7, 11) is -3.50. The number of rotatable bonds is 8. The zero-order valence-electron chi connectivity index (χ0n) is 14.8. The molecule has 0 saturated heterocycles. The van der Waals surface area contributed by atoms with Gasteiger partial charge in [-0.3, -0.25) is 4.79 Å². The number of benzene rings is 2. The van der Waals surface area contributed by atoms with Crippen LogP contribution in [0.15, 0.2) is 59.5 Å². The molecule has 3 rings (SSSR count). The molecule has 0 aliphatic heterocycles. The van der Waals surface area contributed by atoms with Crippen molar-refractivity contribution in [2.24, 2.45) is 11.7 Å². The highest BCUT2D eigenvalue weighted by Crippen LogP contribution is 2.28. The van der Waals surface area contributed by atoms with Crippen molar-refractivity contribution in [3.63, 3.8) is 0 Å². The normalized spacial score (nSPS) is 14.9. The molecule has 1 atom stereocenters. The van der Waals surface area contributed by atoms with Crippen LogP contribution in [-0.4, -0.2) is 20.9 Å². The van der Waals surface area contributed by atoms with Gasteiger partial charge in [-0.25, -0.2) is 13.1 Å². The molecule has 0 radical (unpaired) electrons. The van der Waals surface area contributed by atoms with Gasteiger partial charge in [-0.15, -0.1) is 12.4 Å². The second-order valence-electron chi connectivity index (χ2n) is 6.59. The van der Waals surface area contributed by atoms with Crippen molar-refractivity contribution >= 4 is 34.0 Å². The maximum atomic E-state index is 12.2. The van der Waals surface area contributed by atoms with Gasteiger partial charge < -0.3 is 11.1 Å². The molecule has 6 nitrogen and oxygen atoms in total. The predicted molar refractivity (Wildman–Crippen MR) is 108 cm³/mol. The fraction of sp³-hybridized carbons (Fsp3) is 0.316. The van der Waals surface area contributed by atoms with E-state index in [0.717, 1.165) is 18.4 Å². The molecule has 2 aromatic rings. The molecule has 1 saturated carbocycles. The van der Waals surface area contributed by atoms with Gasteiger partial charge in [-0.2, -0.15) is 0 Å². The molecule has 0 aromatic heterocycles. The number of sulfonamides is 1. The van der Waals surface area contributed by atoms with E-state index in [0.29, 0.717) is 18.2 Å². The Morgan fingerprint density at radius 1 is 1.07 bits per heavy atom. The van der Waals surface area contributed by atoms with Crippen LogP contribution in [0.4, 0.5) is 5.69 Å². The van der Waals surface area contributed by atoms with Crippen molar-refractivity contribution < 1.29 is 13.2 Å². The first-order valence-corrected chi connectivity index (χ1v) is 10.1. The van der Waals surface area contributed by atoms with Gasteiger partial charge >= 0.3 is 0 Å². The lowest BCUT2D eigenvalue weighted by Gasteiger charge is -2.12. The predicted octanol–water partition coefficient (Wildman–Crippen LogP) is 2.83. The van der Waals surface area contributed by atoms with Crippen molar-refractivity contribution in [3.8, 4) is 0 Å². The lowest BCUT2D eigenvalue weighted by Crippen LogP contribution is -2.25. The largest absolute Gasteiger partial charge is 0.326 e. The molecule has 2 aromatic carbocycles. The molecule has 1 unspecified atom stereocenters. The summed E-state index contributed by atoms with van der Waals surface area (Å²) in [5, 5.41) is 2.75. The highest BCUT2D eigenvalue weighted by atomic mass is 35.5. The fourth-order valence-corrected chi connectivity index (χ4v) is 3.70. The Morgan fingerprint density at radius 2 is 1.70 bits per heavy atom. The molecule has 27 heavy (non-hydrogen) atoms. The quantitative estimate of drug-likeness (QED) is 0.623. The number of nitrogens with one attached hydrogen (secondary N) is 2. The molecule has 4 N–H and O–H groups in total. The van der Waals surface area contributed by atoms with E-state index in [-0.39, 0.29) is 35.7 Å². The summed E-state index contributed by atoms with van der Waals surface area (Å²) in [6.45, 7) is 0.484. The van der Waals surface area contributed by atoms with Crippen LogP contribution in [0.1, 0.15) is 30.9 Å². The van der Waals surface area contributed by atoms with Gasteiger partial charge in [0.25, 0.3) is 0 Å². The van der Waals surface area contributed by atoms with E-state index in [2.05, 4.69) is 10.0 Å². The molecule has 0 heterocycles. The minimum absolute atomic E-state index is 0. The molecule has 0 bridgehead atoms. The van der Waals surface area contributed by atoms with Crippen LogP contribution in [0.2, 0.25) is 0 Å². The summed E-state index contributed by atoms with van der Waals surface area (Å²) < 4.78 is 27.0. The van der Waals surface area contributed by atoms with Gasteiger partial charge in [0, 0.05) is 24.7 Å². The number of carbonyl (C=O) groups excluding carboxylic acids is 1. The summed E-state index contributed by atoms with van der Waals surface area (Å²) in [6.07, 6.45) is 2.31. The topological polar surface area (TPSA) is 101 Å². The van der Waals surface area contributed by atoms with Crippen molar-refractivity contribution in [2.45, 2.75) is 30.2 Å². The van der Waals surface area contributed by atoms with Crippen LogP contribution < -0.4 is 15.8 Å². The van der Waals surface area contributed by atoms with Crippen LogP contribution in [0, 0.1) is 5.92 Å². The third-order valence-electron chi connectivity index (χ3n) is 4.34. The maximum absolute atomic E-state index is 12.2. The Labute approximate surface area is 166 Å². The fourth-order valence-electron chi connectivity index (χ4n) is 2.58. The van der Waals surface area contributed by atoms with E-state index in [1.165, 1.54) is 12.1 Å². The van der Waals surface area contributed by atoms with Gasteiger partial charge in [0.05, 0.1) is 4.90 Å². The van der Waals surface area contributed by atoms with Gasteiger partial charge in [-0.05, 0) is 48.6 Å². The lowest BCUT2D eigenvalue weighted by molar-refractivity contribution is -0.116. The van der Waals surface area contributed by atoms with Crippen molar-refractivity contribution in [2.75, 3.05) is 11.9 Å². The zero-order chi connectivity index (χ0) is 18.6. The Balaban J connectivity index is 0.00000261. The molecule has 1 fully saturated rings. The highest BCUT2D eigenvalue weighted by molar-refractivity contribution is 7.89. The summed E-state index contributed by atoms with van der Waals surface area (Å²) in [6, 6.07) is 15.2. The first kappa shape index (κ1) is 21.4. The van der Waals surface area contributed by atoms with E-state index in [1.807, 2.05) is 30.3 Å². The minimum Gasteiger partial charge on any atom is -0.326 e. The van der Waals surface area contributed by atoms with E-state index >= 15 is 0 Å². The van der Waals surface area contributed by atoms with Gasteiger partial charge in [0.1, 0.15) is 0 Å². The Morgan fingerprint density at radius 3 is 2.30 bits per heavy atom. The van der Waals surface area contributed by atoms with E-state index in [4.69, 9.17) is 5.73 Å². The average molecular weight is 410 g/mol. The van der Waals surface area contributed by atoms with Gasteiger partial charge in [0.2, 0.25) is 15.9 Å². The average Bonchev–Trinajstić information content (AvgIpc) is 3.46. The zero-order valence-corrected chi connectivity index (χ0v) is 16.4. The monoisotopic (exact) mass is 409 g/mol. The summed E-state index contributed by atoms with van der Waals surface area (Å²) >= 11 is 0. The third kappa shape index (κ3) is 6.32. The number of anilines is 1. The second kappa shape index (κ2) is 9.32. The van der Waals surface area contributed by atoms with E-state index in [9.17, 15) is 13.2 Å². The number of nitrogens with two attached hydrogens (primary N) is 1. The molecule has 146 valence electrons. The van der Waals surface area contributed by atoms with Crippen molar-refractivity contribution in [3.05, 3.63) is 60.2 Å². The van der Waals surface area contributed by atoms with Gasteiger partial charge in [0.15, 0.2) is 0 Å². The number of halogens is 1. The molecule has 1 amide bonds. The van der Waals surface area contributed by atoms with Crippen molar-refractivity contribution in [1.82, 2.24) is 4.72 Å². The Kier molecular flexibility index (Phi) is 7.38. The third-order valence-corrected chi connectivity index (χ3v) is 5.78. The van der Waals surface area contributed by atoms with Crippen molar-refractivity contribution in [1.29, 1.82) is 0 Å². The first-order valence-electron chi connectivity index (χ1n) is 8.64. The number of hydrogen-bond acceptors (Lipinski definition) is 4. The van der Waals surface area contributed by atoms with E-state index < -0.39 is 10.0 Å². The molecule has 1 aliphatic rings. The Hall–Kier alpha value is -1.93. The number of amides is 1. The summed E-state index contributed by atoms with van der Waals surface area (Å²) in [5.41, 5.74) is 7.48. The molecule has 8 heteroatoms. The molecule has 1 aliphatic carbocycles. The Bertz CT molecular complexity index is 854. The van der Waals surface area contributed by atoms with Crippen LogP contribution >= 0.6 is 12.4 Å². The number of carbonyl (C=O) groups is 1. The smallest absolute Gasteiger partial charge is 0.240 e. The number of hydrogen-bond donors (Lipinski definition) is 3. The SMILES string of the molecule is Cl.NC(CC(=O)Nc1ccc(S(=O)(=O)NCC2CC2)cc1)c1ccccc1. The van der Waals surface area contributed by atoms with Crippen LogP contribution in [-0.2, 0) is 14.8 Å². The molecular formula is C19H24ClN3O3S. The standard InChI is InChI=1S/C19H23N3O3S.ClH/c20-18(15-4-2-1-3-5-15)12-19(23)22-16-8-10-17(11-9-16)26(24,25)21-13-14-6-7-14;/h1-5,8-11,14,18,21H,6-7,12-13,20H2,(H,22,23);1H. The molecule has 0 spiro atoms. The minimum atomic E-state index is -3.50. The lowest BCUT2D eigenvalue weighted by atomic mass is 10.0. The van der Waals surface area contributed by atoms with Gasteiger partial charge in [-0.1, -0.05) is 30.3 Å². The summed E-state index contributed by atoms with van der Waals surface area (Å²) in [4.78, 5) is 12.3. The van der Waals surface area contributed by atoms with Crippen LogP contribution in [0.5, 0.6) is 0 Å². The maximum Gasteiger partial charge on any atom is 0.240 e.